The van der Waals surface area contributed by atoms with Crippen molar-refractivity contribution in [3.05, 3.63) is 35.9 Å². The molecule has 118 valence electrons. The number of hydrogen-bond donors (Lipinski definition) is 1. The molecule has 0 aromatic heterocycles. The molecule has 1 unspecified atom stereocenters. The van der Waals surface area contributed by atoms with E-state index in [0.717, 1.165) is 19.5 Å². The number of carbonyl (C=O) groups is 1. The highest BCUT2D eigenvalue weighted by Gasteiger charge is 2.16. The lowest BCUT2D eigenvalue weighted by atomic mass is 10.0. The van der Waals surface area contributed by atoms with Crippen LogP contribution in [0.3, 0.4) is 0 Å². The topological polar surface area (TPSA) is 41.6 Å². The first-order valence-corrected chi connectivity index (χ1v) is 7.48. The van der Waals surface area contributed by atoms with Crippen LogP contribution in [0.5, 0.6) is 0 Å². The van der Waals surface area contributed by atoms with Crippen molar-refractivity contribution >= 4 is 6.47 Å². The summed E-state index contributed by atoms with van der Waals surface area (Å²) < 4.78 is 4.55. The highest BCUT2D eigenvalue weighted by Crippen LogP contribution is 2.06. The van der Waals surface area contributed by atoms with Crippen molar-refractivity contribution in [1.29, 1.82) is 0 Å². The third-order valence-corrected chi connectivity index (χ3v) is 3.19. The molecule has 1 heterocycles. The minimum Gasteiger partial charge on any atom is -0.462 e. The zero-order valence-electron chi connectivity index (χ0n) is 13.6. The van der Waals surface area contributed by atoms with Crippen molar-refractivity contribution in [2.45, 2.75) is 38.8 Å². The molecule has 1 fully saturated rings. The lowest BCUT2D eigenvalue weighted by Gasteiger charge is -2.30. The molecule has 4 heteroatoms. The van der Waals surface area contributed by atoms with E-state index in [0.29, 0.717) is 12.5 Å². The van der Waals surface area contributed by atoms with Gasteiger partial charge in [-0.15, -0.1) is 0 Å². The van der Waals surface area contributed by atoms with Crippen LogP contribution in [0.2, 0.25) is 0 Å². The molecule has 0 radical (unpaired) electrons. The highest BCUT2D eigenvalue weighted by atomic mass is 16.5. The molecule has 0 saturated carbocycles. The quantitative estimate of drug-likeness (QED) is 0.866. The van der Waals surface area contributed by atoms with E-state index >= 15 is 0 Å². The Bertz CT molecular complexity index is 401. The van der Waals surface area contributed by atoms with E-state index in [4.69, 9.17) is 0 Å². The Balaban J connectivity index is 0.000000270. The maximum absolute atomic E-state index is 9.60. The predicted molar refractivity (Wildman–Crippen MR) is 86.3 cm³/mol. The maximum atomic E-state index is 9.60. The largest absolute Gasteiger partial charge is 0.462 e. The van der Waals surface area contributed by atoms with Gasteiger partial charge >= 0.3 is 0 Å². The molecule has 1 aromatic rings. The minimum absolute atomic E-state index is 0.318. The van der Waals surface area contributed by atoms with Gasteiger partial charge in [-0.2, -0.15) is 0 Å². The molecule has 1 N–H and O–H groups in total. The maximum Gasteiger partial charge on any atom is 0.293 e. The van der Waals surface area contributed by atoms with Gasteiger partial charge in [-0.1, -0.05) is 30.3 Å². The third kappa shape index (κ3) is 8.48. The summed E-state index contributed by atoms with van der Waals surface area (Å²) in [5, 5.41) is 3.56. The van der Waals surface area contributed by atoms with Crippen molar-refractivity contribution < 1.29 is 9.53 Å². The van der Waals surface area contributed by atoms with Crippen LogP contribution in [-0.4, -0.2) is 49.7 Å². The molecule has 1 atom stereocenters. The number of likely N-dealkylation sites (N-methyl/N-ethyl adjacent to an activating group) is 1. The fourth-order valence-electron chi connectivity index (χ4n) is 2.17. The second-order valence-electron chi connectivity index (χ2n) is 6.43. The van der Waals surface area contributed by atoms with E-state index < -0.39 is 0 Å². The molecule has 1 aromatic carbocycles. The number of rotatable bonds is 3. The molecule has 4 nitrogen and oxygen atoms in total. The first-order chi connectivity index (χ1) is 9.90. The van der Waals surface area contributed by atoms with Crippen LogP contribution < -0.4 is 5.32 Å². The van der Waals surface area contributed by atoms with Gasteiger partial charge in [-0.3, -0.25) is 4.79 Å². The summed E-state index contributed by atoms with van der Waals surface area (Å²) in [5.74, 6) is 0. The fraction of sp³-hybridized carbons (Fsp3) is 0.588. The van der Waals surface area contributed by atoms with Gasteiger partial charge in [-0.05, 0) is 39.8 Å². The first-order valence-electron chi connectivity index (χ1n) is 7.48. The summed E-state index contributed by atoms with van der Waals surface area (Å²) in [7, 11) is 2.19. The Morgan fingerprint density at radius 1 is 1.33 bits per heavy atom. The molecule has 1 aliphatic heterocycles. The van der Waals surface area contributed by atoms with E-state index in [1.807, 2.05) is 20.8 Å². The van der Waals surface area contributed by atoms with E-state index in [2.05, 4.69) is 52.3 Å². The SMILES string of the molecule is CC(C)(C)OC=O.CN1CCNC(Cc2ccccc2)C1. The van der Waals surface area contributed by atoms with Crippen molar-refractivity contribution in [2.75, 3.05) is 26.7 Å². The predicted octanol–water partition coefficient (Wildman–Crippen LogP) is 2.09. The normalized spacial score (nSPS) is 19.3. The number of piperazine rings is 1. The Morgan fingerprint density at radius 3 is 2.48 bits per heavy atom. The Hall–Kier alpha value is -1.39. The van der Waals surface area contributed by atoms with Gasteiger partial charge in [0.05, 0.1) is 0 Å². The summed E-state index contributed by atoms with van der Waals surface area (Å²) in [4.78, 5) is 12.0. The molecular formula is C17H28N2O2. The molecule has 0 amide bonds. The summed E-state index contributed by atoms with van der Waals surface area (Å²) >= 11 is 0. The van der Waals surface area contributed by atoms with Crippen LogP contribution in [0, 0.1) is 0 Å². The van der Waals surface area contributed by atoms with Crippen LogP contribution in [0.1, 0.15) is 26.3 Å². The molecule has 1 aliphatic rings. The number of nitrogens with zero attached hydrogens (tertiary/aromatic N) is 1. The second kappa shape index (κ2) is 8.80. The van der Waals surface area contributed by atoms with Gasteiger partial charge in [-0.25, -0.2) is 0 Å². The Morgan fingerprint density at radius 2 is 2.00 bits per heavy atom. The third-order valence-electron chi connectivity index (χ3n) is 3.19. The van der Waals surface area contributed by atoms with E-state index in [1.54, 1.807) is 0 Å². The lowest BCUT2D eigenvalue weighted by Crippen LogP contribution is -2.49. The zero-order valence-corrected chi connectivity index (χ0v) is 13.6. The average molecular weight is 292 g/mol. The molecule has 0 bridgehead atoms. The smallest absolute Gasteiger partial charge is 0.293 e. The lowest BCUT2D eigenvalue weighted by molar-refractivity contribution is -0.138. The van der Waals surface area contributed by atoms with Gasteiger partial charge in [0.2, 0.25) is 0 Å². The fourth-order valence-corrected chi connectivity index (χ4v) is 2.17. The van der Waals surface area contributed by atoms with Crippen molar-refractivity contribution in [3.8, 4) is 0 Å². The van der Waals surface area contributed by atoms with Gasteiger partial charge in [0.1, 0.15) is 5.60 Å². The van der Waals surface area contributed by atoms with Gasteiger partial charge in [0, 0.05) is 25.7 Å². The first kappa shape index (κ1) is 17.7. The van der Waals surface area contributed by atoms with Crippen molar-refractivity contribution in [1.82, 2.24) is 10.2 Å². The highest BCUT2D eigenvalue weighted by molar-refractivity contribution is 5.37. The average Bonchev–Trinajstić information content (AvgIpc) is 2.39. The molecule has 0 aliphatic carbocycles. The molecule has 0 spiro atoms. The number of carbonyl (C=O) groups excluding carboxylic acids is 1. The summed E-state index contributed by atoms with van der Waals surface area (Å²) in [6.45, 7) is 9.37. The number of benzene rings is 1. The van der Waals surface area contributed by atoms with Gasteiger partial charge in [0.25, 0.3) is 6.47 Å². The van der Waals surface area contributed by atoms with Crippen LogP contribution >= 0.6 is 0 Å². The van der Waals surface area contributed by atoms with Crippen molar-refractivity contribution in [3.63, 3.8) is 0 Å². The van der Waals surface area contributed by atoms with Gasteiger partial charge in [0.15, 0.2) is 0 Å². The molecule has 21 heavy (non-hydrogen) atoms. The van der Waals surface area contributed by atoms with E-state index in [-0.39, 0.29) is 5.60 Å². The molecule has 2 rings (SSSR count). The summed E-state index contributed by atoms with van der Waals surface area (Å²) in [6, 6.07) is 11.3. The zero-order chi connectivity index (χ0) is 15.7. The Labute approximate surface area is 128 Å². The van der Waals surface area contributed by atoms with Crippen LogP contribution in [0.25, 0.3) is 0 Å². The molecular weight excluding hydrogens is 264 g/mol. The van der Waals surface area contributed by atoms with Crippen molar-refractivity contribution in [2.24, 2.45) is 0 Å². The number of ether oxygens (including phenoxy) is 1. The minimum atomic E-state index is -0.318. The Kier molecular flexibility index (Phi) is 7.40. The molecule has 1 saturated heterocycles. The standard InChI is InChI=1S/C12H18N2.C5H10O2/c1-14-8-7-13-12(10-14)9-11-5-3-2-4-6-11;1-5(2,3)7-4-6/h2-6,12-13H,7-10H2,1H3;4H,1-3H3. The van der Waals surface area contributed by atoms with Crippen LogP contribution in [-0.2, 0) is 16.0 Å². The monoisotopic (exact) mass is 292 g/mol. The number of nitrogens with one attached hydrogen (secondary N) is 1. The van der Waals surface area contributed by atoms with Crippen LogP contribution in [0.4, 0.5) is 0 Å². The van der Waals surface area contributed by atoms with Gasteiger partial charge < -0.3 is 15.0 Å². The van der Waals surface area contributed by atoms with E-state index in [1.165, 1.54) is 12.1 Å². The number of hydrogen-bond acceptors (Lipinski definition) is 4. The summed E-state index contributed by atoms with van der Waals surface area (Å²) in [5.41, 5.74) is 1.11. The summed E-state index contributed by atoms with van der Waals surface area (Å²) in [6.07, 6.45) is 1.14. The second-order valence-corrected chi connectivity index (χ2v) is 6.43. The van der Waals surface area contributed by atoms with E-state index in [9.17, 15) is 4.79 Å². The van der Waals surface area contributed by atoms with Crippen LogP contribution in [0.15, 0.2) is 30.3 Å².